The summed E-state index contributed by atoms with van der Waals surface area (Å²) in [4.78, 5) is 25.7. The molecular formula is C21H28N2O5. The number of rotatable bonds is 5. The summed E-state index contributed by atoms with van der Waals surface area (Å²) in [6, 6.07) is 3.23. The van der Waals surface area contributed by atoms with E-state index >= 15 is 0 Å². The number of hydrogen-bond donors (Lipinski definition) is 2. The van der Waals surface area contributed by atoms with E-state index in [0.29, 0.717) is 29.3 Å². The summed E-state index contributed by atoms with van der Waals surface area (Å²) in [7, 11) is 4.46. The molecule has 1 aromatic carbocycles. The van der Waals surface area contributed by atoms with Crippen molar-refractivity contribution in [1.29, 1.82) is 0 Å². The molecule has 4 aliphatic rings. The first-order chi connectivity index (χ1) is 13.5. The van der Waals surface area contributed by atoms with Crippen molar-refractivity contribution in [2.45, 2.75) is 38.5 Å². The van der Waals surface area contributed by atoms with Crippen LogP contribution in [0.1, 0.15) is 48.9 Å². The number of hydrazine groups is 1. The zero-order chi connectivity index (χ0) is 19.9. The Morgan fingerprint density at radius 2 is 1.43 bits per heavy atom. The Labute approximate surface area is 165 Å². The van der Waals surface area contributed by atoms with Crippen LogP contribution < -0.4 is 25.1 Å². The summed E-state index contributed by atoms with van der Waals surface area (Å²) < 4.78 is 15.9. The van der Waals surface area contributed by atoms with E-state index in [1.165, 1.54) is 40.6 Å². The molecule has 7 nitrogen and oxygen atoms in total. The maximum absolute atomic E-state index is 13.0. The smallest absolute Gasteiger partial charge is 0.273 e. The fourth-order valence-corrected chi connectivity index (χ4v) is 5.98. The van der Waals surface area contributed by atoms with Gasteiger partial charge in [-0.2, -0.15) is 0 Å². The number of hydrogen-bond acceptors (Lipinski definition) is 5. The van der Waals surface area contributed by atoms with E-state index in [2.05, 4.69) is 10.9 Å². The highest BCUT2D eigenvalue weighted by atomic mass is 16.5. The third-order valence-corrected chi connectivity index (χ3v) is 6.76. The molecule has 4 fully saturated rings. The van der Waals surface area contributed by atoms with Crippen LogP contribution in [0.3, 0.4) is 0 Å². The molecule has 0 aromatic heterocycles. The highest BCUT2D eigenvalue weighted by Crippen LogP contribution is 2.60. The van der Waals surface area contributed by atoms with Gasteiger partial charge in [0.2, 0.25) is 11.7 Å². The van der Waals surface area contributed by atoms with Gasteiger partial charge in [0, 0.05) is 0 Å². The second-order valence-corrected chi connectivity index (χ2v) is 8.49. The molecular weight excluding hydrogens is 360 g/mol. The first kappa shape index (κ1) is 18.9. The van der Waals surface area contributed by atoms with Gasteiger partial charge >= 0.3 is 0 Å². The summed E-state index contributed by atoms with van der Waals surface area (Å²) in [5, 5.41) is 0. The Kier molecular flexibility index (Phi) is 4.85. The summed E-state index contributed by atoms with van der Waals surface area (Å²) in [6.45, 7) is 0. The largest absolute Gasteiger partial charge is 0.493 e. The topological polar surface area (TPSA) is 85.9 Å². The molecule has 4 aliphatic carbocycles. The average molecular weight is 388 g/mol. The highest BCUT2D eigenvalue weighted by Gasteiger charge is 2.54. The van der Waals surface area contributed by atoms with E-state index in [-0.39, 0.29) is 22.6 Å². The lowest BCUT2D eigenvalue weighted by atomic mass is 9.49. The fourth-order valence-electron chi connectivity index (χ4n) is 5.98. The minimum atomic E-state index is -0.448. The molecule has 0 aliphatic heterocycles. The maximum Gasteiger partial charge on any atom is 0.273 e. The van der Waals surface area contributed by atoms with Gasteiger partial charge in [0.05, 0.1) is 32.3 Å². The van der Waals surface area contributed by atoms with Crippen LogP contribution in [-0.2, 0) is 4.79 Å². The van der Waals surface area contributed by atoms with Gasteiger partial charge in [-0.1, -0.05) is 0 Å². The van der Waals surface area contributed by atoms with Gasteiger partial charge in [0.25, 0.3) is 5.91 Å². The summed E-state index contributed by atoms with van der Waals surface area (Å²) in [5.41, 5.74) is 5.22. The van der Waals surface area contributed by atoms with Crippen molar-refractivity contribution < 1.29 is 23.8 Å². The van der Waals surface area contributed by atoms with Crippen molar-refractivity contribution in [3.05, 3.63) is 17.7 Å². The van der Waals surface area contributed by atoms with Crippen molar-refractivity contribution in [3.63, 3.8) is 0 Å². The molecule has 1 aromatic rings. The lowest BCUT2D eigenvalue weighted by Crippen LogP contribution is -2.56. The Balaban J connectivity index is 1.47. The van der Waals surface area contributed by atoms with Crippen LogP contribution in [0.15, 0.2) is 12.1 Å². The Bertz CT molecular complexity index is 756. The first-order valence-corrected chi connectivity index (χ1v) is 9.89. The zero-order valence-corrected chi connectivity index (χ0v) is 16.7. The summed E-state index contributed by atoms with van der Waals surface area (Å²) in [5.74, 6) is 2.56. The molecule has 0 atom stereocenters. The molecule has 7 heteroatoms. The molecule has 4 bridgehead atoms. The van der Waals surface area contributed by atoms with Crippen molar-refractivity contribution in [2.24, 2.45) is 23.2 Å². The molecule has 152 valence electrons. The van der Waals surface area contributed by atoms with Crippen LogP contribution in [-0.4, -0.2) is 33.1 Å². The van der Waals surface area contributed by atoms with Crippen LogP contribution >= 0.6 is 0 Å². The lowest BCUT2D eigenvalue weighted by molar-refractivity contribution is -0.147. The zero-order valence-electron chi connectivity index (χ0n) is 16.7. The van der Waals surface area contributed by atoms with E-state index in [4.69, 9.17) is 14.2 Å². The third kappa shape index (κ3) is 3.06. The van der Waals surface area contributed by atoms with E-state index in [1.54, 1.807) is 12.1 Å². The SMILES string of the molecule is COc1ccc(C(=O)NNC(=O)C23CC4CC(CC(C4)C2)C3)c(OC)c1OC. The van der Waals surface area contributed by atoms with Gasteiger partial charge in [-0.3, -0.25) is 20.4 Å². The quantitative estimate of drug-likeness (QED) is 0.758. The van der Waals surface area contributed by atoms with Gasteiger partial charge in [0.1, 0.15) is 0 Å². The number of methoxy groups -OCH3 is 3. The Morgan fingerprint density at radius 1 is 0.857 bits per heavy atom. The minimum absolute atomic E-state index is 0.0561. The monoisotopic (exact) mass is 388 g/mol. The minimum Gasteiger partial charge on any atom is -0.493 e. The van der Waals surface area contributed by atoms with Crippen LogP contribution in [0.5, 0.6) is 17.2 Å². The van der Waals surface area contributed by atoms with E-state index < -0.39 is 5.91 Å². The Hall–Kier alpha value is -2.44. The molecule has 0 spiro atoms. The molecule has 4 saturated carbocycles. The molecule has 0 radical (unpaired) electrons. The van der Waals surface area contributed by atoms with Crippen molar-refractivity contribution in [3.8, 4) is 17.2 Å². The van der Waals surface area contributed by atoms with E-state index in [1.807, 2.05) is 0 Å². The molecule has 0 saturated heterocycles. The summed E-state index contributed by atoms with van der Waals surface area (Å²) >= 11 is 0. The number of benzene rings is 1. The average Bonchev–Trinajstić information content (AvgIpc) is 2.69. The van der Waals surface area contributed by atoms with Gasteiger partial charge in [0.15, 0.2) is 11.5 Å². The second-order valence-electron chi connectivity index (χ2n) is 8.49. The van der Waals surface area contributed by atoms with Gasteiger partial charge < -0.3 is 14.2 Å². The molecule has 5 rings (SSSR count). The molecule has 0 unspecified atom stereocenters. The maximum atomic E-state index is 13.0. The number of ether oxygens (including phenoxy) is 3. The van der Waals surface area contributed by atoms with Crippen LogP contribution in [0, 0.1) is 23.2 Å². The van der Waals surface area contributed by atoms with Gasteiger partial charge in [-0.05, 0) is 68.4 Å². The number of nitrogens with one attached hydrogen (secondary N) is 2. The Morgan fingerprint density at radius 3 is 1.93 bits per heavy atom. The number of carbonyl (C=O) groups excluding carboxylic acids is 2. The van der Waals surface area contributed by atoms with Gasteiger partial charge in [-0.25, -0.2) is 0 Å². The molecule has 0 heterocycles. The van der Waals surface area contributed by atoms with E-state index in [0.717, 1.165) is 19.3 Å². The highest BCUT2D eigenvalue weighted by molar-refractivity contribution is 5.99. The predicted octanol–water partition coefficient (Wildman–Crippen LogP) is 2.69. The van der Waals surface area contributed by atoms with Crippen molar-refractivity contribution >= 4 is 11.8 Å². The van der Waals surface area contributed by atoms with Crippen LogP contribution in [0.25, 0.3) is 0 Å². The number of amides is 2. The molecule has 28 heavy (non-hydrogen) atoms. The number of carbonyl (C=O) groups is 2. The van der Waals surface area contributed by atoms with E-state index in [9.17, 15) is 9.59 Å². The normalized spacial score (nSPS) is 29.9. The van der Waals surface area contributed by atoms with Gasteiger partial charge in [-0.15, -0.1) is 0 Å². The van der Waals surface area contributed by atoms with Crippen LogP contribution in [0.4, 0.5) is 0 Å². The van der Waals surface area contributed by atoms with Crippen molar-refractivity contribution in [2.75, 3.05) is 21.3 Å². The van der Waals surface area contributed by atoms with Crippen molar-refractivity contribution in [1.82, 2.24) is 10.9 Å². The third-order valence-electron chi connectivity index (χ3n) is 6.76. The molecule has 2 N–H and O–H groups in total. The summed E-state index contributed by atoms with van der Waals surface area (Å²) in [6.07, 6.45) is 6.63. The predicted molar refractivity (Wildman–Crippen MR) is 102 cm³/mol. The molecule has 2 amide bonds. The lowest BCUT2D eigenvalue weighted by Gasteiger charge is -2.55. The second kappa shape index (κ2) is 7.18. The fraction of sp³-hybridized carbons (Fsp3) is 0.619. The standard InChI is InChI=1S/C21H28N2O5/c1-26-16-5-4-15(17(27-2)18(16)28-3)19(24)22-23-20(25)21-9-12-6-13(10-21)8-14(7-12)11-21/h4-5,12-14H,6-11H2,1-3H3,(H,22,24)(H,23,25). The van der Waals surface area contributed by atoms with Crippen LogP contribution in [0.2, 0.25) is 0 Å². The first-order valence-electron chi connectivity index (χ1n) is 9.89.